The number of halogens is 3. The van der Waals surface area contributed by atoms with Gasteiger partial charge in [0.25, 0.3) is 0 Å². The molecule has 0 spiro atoms. The number of carbonyl (C=O) groups excluding carboxylic acids is 1. The molecule has 1 aliphatic heterocycles. The van der Waals surface area contributed by atoms with Crippen molar-refractivity contribution in [3.8, 4) is 0 Å². The highest BCUT2D eigenvalue weighted by molar-refractivity contribution is 9.10. The molecule has 1 aromatic carbocycles. The molecule has 1 aromatic heterocycles. The third-order valence-corrected chi connectivity index (χ3v) is 4.50. The molecule has 152 valence electrons. The lowest BCUT2D eigenvalue weighted by Gasteiger charge is -2.36. The number of nitrogens with zero attached hydrogens (tertiary/aromatic N) is 3. The van der Waals surface area contributed by atoms with E-state index in [9.17, 15) is 13.6 Å². The number of ether oxygens (including phenoxy) is 2. The summed E-state index contributed by atoms with van der Waals surface area (Å²) in [5.74, 6) is -1.20. The first-order valence-corrected chi connectivity index (χ1v) is 9.55. The van der Waals surface area contributed by atoms with Crippen molar-refractivity contribution in [3.63, 3.8) is 0 Å². The summed E-state index contributed by atoms with van der Waals surface area (Å²) >= 11 is 3.24. The standard InChI is InChI=1S/C18H21BrF2N4O3/c1-18(2,3)28-17(26)23-14-7-11(25-22-8-15(19)24-25)9-27-16(14)12-6-10(20)4-5-13(12)21/h4-6,8,11,14,16H,7,9H2,1-3H3,(H,23,26)/t11-,14+,16-/m1/s1. The van der Waals surface area contributed by atoms with Crippen LogP contribution in [0.15, 0.2) is 29.0 Å². The van der Waals surface area contributed by atoms with Gasteiger partial charge in [-0.2, -0.15) is 9.90 Å². The highest BCUT2D eigenvalue weighted by atomic mass is 79.9. The van der Waals surface area contributed by atoms with Crippen molar-refractivity contribution >= 4 is 22.0 Å². The summed E-state index contributed by atoms with van der Waals surface area (Å²) < 4.78 is 39.7. The second-order valence-corrected chi connectivity index (χ2v) is 8.36. The molecule has 1 amide bonds. The van der Waals surface area contributed by atoms with Crippen LogP contribution < -0.4 is 5.32 Å². The van der Waals surface area contributed by atoms with Crippen LogP contribution >= 0.6 is 15.9 Å². The molecule has 28 heavy (non-hydrogen) atoms. The minimum Gasteiger partial charge on any atom is -0.444 e. The minimum absolute atomic E-state index is 0.0362. The molecule has 3 atom stereocenters. The molecule has 0 bridgehead atoms. The molecule has 2 aromatic rings. The third-order valence-electron chi connectivity index (χ3n) is 4.13. The van der Waals surface area contributed by atoms with Gasteiger partial charge < -0.3 is 14.8 Å². The summed E-state index contributed by atoms with van der Waals surface area (Å²) in [6.07, 6.45) is 0.340. The number of alkyl carbamates (subject to hydrolysis) is 1. The smallest absolute Gasteiger partial charge is 0.407 e. The number of carbonyl (C=O) groups is 1. The maximum absolute atomic E-state index is 14.3. The van der Waals surface area contributed by atoms with E-state index in [1.54, 1.807) is 20.8 Å². The molecule has 1 fully saturated rings. The van der Waals surface area contributed by atoms with E-state index in [1.165, 1.54) is 11.0 Å². The zero-order chi connectivity index (χ0) is 20.5. The van der Waals surface area contributed by atoms with Crippen LogP contribution in [0, 0.1) is 11.6 Å². The number of nitrogens with one attached hydrogen (secondary N) is 1. The van der Waals surface area contributed by atoms with Crippen LogP contribution in [0.25, 0.3) is 0 Å². The molecule has 1 aliphatic rings. The number of rotatable bonds is 3. The normalized spacial score (nSPS) is 22.7. The Balaban J connectivity index is 1.85. The van der Waals surface area contributed by atoms with Gasteiger partial charge in [-0.05, 0) is 61.3 Å². The van der Waals surface area contributed by atoms with Gasteiger partial charge in [-0.25, -0.2) is 13.6 Å². The zero-order valence-corrected chi connectivity index (χ0v) is 17.2. The van der Waals surface area contributed by atoms with Crippen molar-refractivity contribution in [2.45, 2.75) is 51.0 Å². The van der Waals surface area contributed by atoms with Gasteiger partial charge in [0.1, 0.15) is 27.9 Å². The number of aromatic nitrogens is 3. The number of benzene rings is 1. The van der Waals surface area contributed by atoms with E-state index in [0.717, 1.165) is 18.2 Å². The first-order chi connectivity index (χ1) is 13.1. The van der Waals surface area contributed by atoms with Crippen LogP contribution in [0.1, 0.15) is 44.9 Å². The van der Waals surface area contributed by atoms with Crippen molar-refractivity contribution in [1.82, 2.24) is 20.3 Å². The second-order valence-electron chi connectivity index (χ2n) is 7.55. The van der Waals surface area contributed by atoms with Crippen LogP contribution in [0.5, 0.6) is 0 Å². The molecular weight excluding hydrogens is 438 g/mol. The molecular formula is C18H21BrF2N4O3. The molecule has 10 heteroatoms. The van der Waals surface area contributed by atoms with Gasteiger partial charge >= 0.3 is 6.09 Å². The van der Waals surface area contributed by atoms with Crippen LogP contribution in [0.2, 0.25) is 0 Å². The Morgan fingerprint density at radius 2 is 2.14 bits per heavy atom. The van der Waals surface area contributed by atoms with Crippen molar-refractivity contribution in [1.29, 1.82) is 0 Å². The fraction of sp³-hybridized carbons (Fsp3) is 0.500. The van der Waals surface area contributed by atoms with Crippen LogP contribution in [0.4, 0.5) is 13.6 Å². The van der Waals surface area contributed by atoms with Gasteiger partial charge in [0.15, 0.2) is 0 Å². The lowest BCUT2D eigenvalue weighted by molar-refractivity contribution is -0.0466. The molecule has 7 nitrogen and oxygen atoms in total. The van der Waals surface area contributed by atoms with Gasteiger partial charge in [-0.3, -0.25) is 0 Å². The molecule has 0 aliphatic carbocycles. The average molecular weight is 459 g/mol. The molecule has 3 rings (SSSR count). The minimum atomic E-state index is -0.876. The van der Waals surface area contributed by atoms with Crippen LogP contribution in [-0.2, 0) is 9.47 Å². The predicted molar refractivity (Wildman–Crippen MR) is 99.6 cm³/mol. The first kappa shape index (κ1) is 20.7. The van der Waals surface area contributed by atoms with E-state index in [1.807, 2.05) is 0 Å². The second kappa shape index (κ2) is 8.12. The topological polar surface area (TPSA) is 78.3 Å². The lowest BCUT2D eigenvalue weighted by atomic mass is 9.93. The van der Waals surface area contributed by atoms with E-state index < -0.39 is 35.5 Å². The summed E-state index contributed by atoms with van der Waals surface area (Å²) in [4.78, 5) is 13.8. The Labute approximate surface area is 169 Å². The Morgan fingerprint density at radius 3 is 2.79 bits per heavy atom. The highest BCUT2D eigenvalue weighted by Crippen LogP contribution is 2.34. The SMILES string of the molecule is CC(C)(C)OC(=O)N[C@H]1C[C@@H](n2ncc(Br)n2)CO[C@@H]1c1cc(F)ccc1F. The Kier molecular flexibility index (Phi) is 5.99. The molecule has 2 heterocycles. The fourth-order valence-electron chi connectivity index (χ4n) is 3.04. The van der Waals surface area contributed by atoms with Crippen molar-refractivity contribution in [3.05, 3.63) is 46.2 Å². The summed E-state index contributed by atoms with van der Waals surface area (Å²) in [6.45, 7) is 5.39. The maximum Gasteiger partial charge on any atom is 0.407 e. The first-order valence-electron chi connectivity index (χ1n) is 8.76. The Bertz CT molecular complexity index is 856. The van der Waals surface area contributed by atoms with E-state index in [0.29, 0.717) is 11.0 Å². The van der Waals surface area contributed by atoms with Crippen molar-refractivity contribution < 1.29 is 23.0 Å². The van der Waals surface area contributed by atoms with E-state index >= 15 is 0 Å². The molecule has 0 radical (unpaired) electrons. The molecule has 1 N–H and O–H groups in total. The van der Waals surface area contributed by atoms with Gasteiger partial charge in [-0.1, -0.05) is 0 Å². The Morgan fingerprint density at radius 1 is 1.39 bits per heavy atom. The van der Waals surface area contributed by atoms with Crippen molar-refractivity contribution in [2.24, 2.45) is 0 Å². The summed E-state index contributed by atoms with van der Waals surface area (Å²) in [7, 11) is 0. The van der Waals surface area contributed by atoms with E-state index in [4.69, 9.17) is 9.47 Å². The molecule has 0 unspecified atom stereocenters. The van der Waals surface area contributed by atoms with Gasteiger partial charge in [0.05, 0.1) is 24.9 Å². The van der Waals surface area contributed by atoms with Crippen LogP contribution in [0.3, 0.4) is 0 Å². The predicted octanol–water partition coefficient (Wildman–Crippen LogP) is 3.91. The number of hydrogen-bond donors (Lipinski definition) is 1. The largest absolute Gasteiger partial charge is 0.444 e. The summed E-state index contributed by atoms with van der Waals surface area (Å²) in [6, 6.07) is 2.18. The highest BCUT2D eigenvalue weighted by Gasteiger charge is 2.37. The summed E-state index contributed by atoms with van der Waals surface area (Å²) in [5, 5.41) is 11.1. The number of amides is 1. The fourth-order valence-corrected chi connectivity index (χ4v) is 3.30. The lowest BCUT2D eigenvalue weighted by Crippen LogP contribution is -2.47. The average Bonchev–Trinajstić information content (AvgIpc) is 3.02. The van der Waals surface area contributed by atoms with Crippen LogP contribution in [-0.4, -0.2) is 39.3 Å². The van der Waals surface area contributed by atoms with Crippen molar-refractivity contribution in [2.75, 3.05) is 6.61 Å². The van der Waals surface area contributed by atoms with E-state index in [-0.39, 0.29) is 18.2 Å². The zero-order valence-electron chi connectivity index (χ0n) is 15.7. The molecule has 0 saturated carbocycles. The van der Waals surface area contributed by atoms with E-state index in [2.05, 4.69) is 31.4 Å². The van der Waals surface area contributed by atoms with Gasteiger partial charge in [0, 0.05) is 5.56 Å². The summed E-state index contributed by atoms with van der Waals surface area (Å²) in [5.41, 5.74) is -0.665. The Hall–Kier alpha value is -2.07. The van der Waals surface area contributed by atoms with Gasteiger partial charge in [0.2, 0.25) is 0 Å². The maximum atomic E-state index is 14.3. The third kappa shape index (κ3) is 5.05. The molecule has 1 saturated heterocycles. The monoisotopic (exact) mass is 458 g/mol. The number of hydrogen-bond acceptors (Lipinski definition) is 5. The quantitative estimate of drug-likeness (QED) is 0.753. The van der Waals surface area contributed by atoms with Gasteiger partial charge in [-0.15, -0.1) is 5.10 Å².